The van der Waals surface area contributed by atoms with Gasteiger partial charge in [-0.1, -0.05) is 6.92 Å². The van der Waals surface area contributed by atoms with E-state index in [-0.39, 0.29) is 5.82 Å². The van der Waals surface area contributed by atoms with Crippen LogP contribution in [0, 0.1) is 5.82 Å². The zero-order valence-electron chi connectivity index (χ0n) is 8.60. The molecule has 2 aromatic rings. The van der Waals surface area contributed by atoms with Crippen molar-refractivity contribution in [2.45, 2.75) is 19.4 Å². The SMILES string of the molecule is CC1CNCc2c1[nH]c1ccc(F)cc21. The second-order valence-electron chi connectivity index (χ2n) is 4.24. The maximum atomic E-state index is 13.1. The Morgan fingerprint density at radius 3 is 3.13 bits per heavy atom. The van der Waals surface area contributed by atoms with Crippen LogP contribution in [0.2, 0.25) is 0 Å². The largest absolute Gasteiger partial charge is 0.358 e. The number of rotatable bonds is 0. The molecular weight excluding hydrogens is 191 g/mol. The number of halogens is 1. The predicted molar refractivity (Wildman–Crippen MR) is 58.4 cm³/mol. The molecular formula is C12H13FN2. The number of hydrogen-bond donors (Lipinski definition) is 2. The molecule has 3 rings (SSSR count). The summed E-state index contributed by atoms with van der Waals surface area (Å²) in [5.41, 5.74) is 3.52. The van der Waals surface area contributed by atoms with Crippen molar-refractivity contribution in [3.8, 4) is 0 Å². The molecule has 0 bridgehead atoms. The average molecular weight is 204 g/mol. The number of fused-ring (bicyclic) bond motifs is 3. The standard InChI is InChI=1S/C12H13FN2/c1-7-5-14-6-10-9-4-8(13)2-3-11(9)15-12(7)10/h2-4,7,14-15H,5-6H2,1H3. The minimum absolute atomic E-state index is 0.164. The average Bonchev–Trinajstić information content (AvgIpc) is 2.58. The predicted octanol–water partition coefficient (Wildman–Crippen LogP) is 2.51. The van der Waals surface area contributed by atoms with Crippen molar-refractivity contribution >= 4 is 10.9 Å². The molecule has 1 unspecified atom stereocenters. The van der Waals surface area contributed by atoms with Gasteiger partial charge in [0, 0.05) is 35.6 Å². The Morgan fingerprint density at radius 2 is 2.27 bits per heavy atom. The second kappa shape index (κ2) is 3.07. The summed E-state index contributed by atoms with van der Waals surface area (Å²) < 4.78 is 13.1. The topological polar surface area (TPSA) is 27.8 Å². The molecule has 0 saturated heterocycles. The first-order chi connectivity index (χ1) is 7.25. The van der Waals surface area contributed by atoms with Gasteiger partial charge in [-0.3, -0.25) is 0 Å². The van der Waals surface area contributed by atoms with Gasteiger partial charge in [-0.2, -0.15) is 0 Å². The van der Waals surface area contributed by atoms with Crippen molar-refractivity contribution in [1.82, 2.24) is 10.3 Å². The third-order valence-electron chi connectivity index (χ3n) is 3.15. The second-order valence-corrected chi connectivity index (χ2v) is 4.24. The van der Waals surface area contributed by atoms with Crippen LogP contribution in [-0.2, 0) is 6.54 Å². The van der Waals surface area contributed by atoms with Crippen LogP contribution in [-0.4, -0.2) is 11.5 Å². The van der Waals surface area contributed by atoms with E-state index in [4.69, 9.17) is 0 Å². The minimum Gasteiger partial charge on any atom is -0.358 e. The van der Waals surface area contributed by atoms with Crippen LogP contribution in [0.3, 0.4) is 0 Å². The first kappa shape index (κ1) is 8.92. The van der Waals surface area contributed by atoms with Crippen LogP contribution in [0.5, 0.6) is 0 Å². The summed E-state index contributed by atoms with van der Waals surface area (Å²) in [6.07, 6.45) is 0. The molecule has 0 spiro atoms. The molecule has 0 saturated carbocycles. The van der Waals surface area contributed by atoms with E-state index in [1.807, 2.05) is 6.07 Å². The number of nitrogens with one attached hydrogen (secondary N) is 2. The molecule has 1 aliphatic rings. The lowest BCUT2D eigenvalue weighted by atomic mass is 9.98. The summed E-state index contributed by atoms with van der Waals surface area (Å²) in [6.45, 7) is 4.00. The molecule has 78 valence electrons. The molecule has 3 heteroatoms. The molecule has 15 heavy (non-hydrogen) atoms. The summed E-state index contributed by atoms with van der Waals surface area (Å²) >= 11 is 0. The van der Waals surface area contributed by atoms with E-state index in [2.05, 4.69) is 17.2 Å². The van der Waals surface area contributed by atoms with Gasteiger partial charge in [0.15, 0.2) is 0 Å². The van der Waals surface area contributed by atoms with Crippen molar-refractivity contribution in [3.05, 3.63) is 35.3 Å². The lowest BCUT2D eigenvalue weighted by molar-refractivity contribution is 0.565. The monoisotopic (exact) mass is 204 g/mol. The zero-order valence-corrected chi connectivity index (χ0v) is 8.60. The maximum absolute atomic E-state index is 13.1. The smallest absolute Gasteiger partial charge is 0.123 e. The van der Waals surface area contributed by atoms with Crippen LogP contribution < -0.4 is 5.32 Å². The fourth-order valence-electron chi connectivity index (χ4n) is 2.37. The Labute approximate surface area is 87.5 Å². The number of H-pyrrole nitrogens is 1. The van der Waals surface area contributed by atoms with Gasteiger partial charge in [0.25, 0.3) is 0 Å². The van der Waals surface area contributed by atoms with Gasteiger partial charge >= 0.3 is 0 Å². The molecule has 1 atom stereocenters. The summed E-state index contributed by atoms with van der Waals surface area (Å²) in [5.74, 6) is 0.312. The van der Waals surface area contributed by atoms with Crippen molar-refractivity contribution < 1.29 is 4.39 Å². The van der Waals surface area contributed by atoms with Crippen LogP contribution >= 0.6 is 0 Å². The van der Waals surface area contributed by atoms with Gasteiger partial charge in [-0.05, 0) is 23.8 Å². The molecule has 2 nitrogen and oxygen atoms in total. The Kier molecular flexibility index (Phi) is 1.83. The fourth-order valence-corrected chi connectivity index (χ4v) is 2.37. The van der Waals surface area contributed by atoms with E-state index in [0.29, 0.717) is 5.92 Å². The lowest BCUT2D eigenvalue weighted by Crippen LogP contribution is -2.26. The summed E-state index contributed by atoms with van der Waals surface area (Å²) in [7, 11) is 0. The van der Waals surface area contributed by atoms with E-state index in [0.717, 1.165) is 24.0 Å². The number of hydrogen-bond acceptors (Lipinski definition) is 1. The molecule has 2 heterocycles. The van der Waals surface area contributed by atoms with Gasteiger partial charge in [-0.25, -0.2) is 4.39 Å². The van der Waals surface area contributed by atoms with Crippen LogP contribution in [0.4, 0.5) is 4.39 Å². The Balaban J connectivity index is 2.31. The third-order valence-corrected chi connectivity index (χ3v) is 3.15. The van der Waals surface area contributed by atoms with Crippen LogP contribution in [0.25, 0.3) is 10.9 Å². The summed E-state index contributed by atoms with van der Waals surface area (Å²) in [6, 6.07) is 4.93. The lowest BCUT2D eigenvalue weighted by Gasteiger charge is -2.19. The number of aromatic nitrogens is 1. The zero-order chi connectivity index (χ0) is 10.4. The highest BCUT2D eigenvalue weighted by molar-refractivity contribution is 5.85. The molecule has 0 amide bonds. The van der Waals surface area contributed by atoms with E-state index in [9.17, 15) is 4.39 Å². The molecule has 1 aromatic heterocycles. The Morgan fingerprint density at radius 1 is 1.40 bits per heavy atom. The van der Waals surface area contributed by atoms with Gasteiger partial charge in [0.05, 0.1) is 0 Å². The van der Waals surface area contributed by atoms with E-state index in [1.165, 1.54) is 17.3 Å². The first-order valence-electron chi connectivity index (χ1n) is 5.26. The van der Waals surface area contributed by atoms with Crippen molar-refractivity contribution in [2.24, 2.45) is 0 Å². The first-order valence-corrected chi connectivity index (χ1v) is 5.26. The van der Waals surface area contributed by atoms with Crippen LogP contribution in [0.15, 0.2) is 18.2 Å². The van der Waals surface area contributed by atoms with Crippen molar-refractivity contribution in [1.29, 1.82) is 0 Å². The molecule has 0 aliphatic carbocycles. The van der Waals surface area contributed by atoms with Gasteiger partial charge < -0.3 is 10.3 Å². The Hall–Kier alpha value is -1.35. The summed E-state index contributed by atoms with van der Waals surface area (Å²) in [4.78, 5) is 3.39. The van der Waals surface area contributed by atoms with Gasteiger partial charge in [-0.15, -0.1) is 0 Å². The van der Waals surface area contributed by atoms with Crippen molar-refractivity contribution in [3.63, 3.8) is 0 Å². The van der Waals surface area contributed by atoms with E-state index in [1.54, 1.807) is 6.07 Å². The maximum Gasteiger partial charge on any atom is 0.123 e. The summed E-state index contributed by atoms with van der Waals surface area (Å²) in [5, 5.41) is 4.36. The molecule has 0 radical (unpaired) electrons. The Bertz CT molecular complexity index is 516. The number of aromatic amines is 1. The molecule has 0 fully saturated rings. The van der Waals surface area contributed by atoms with Gasteiger partial charge in [0.1, 0.15) is 5.82 Å². The number of benzene rings is 1. The van der Waals surface area contributed by atoms with Crippen LogP contribution in [0.1, 0.15) is 24.1 Å². The highest BCUT2D eigenvalue weighted by Gasteiger charge is 2.20. The molecule has 2 N–H and O–H groups in total. The highest BCUT2D eigenvalue weighted by Crippen LogP contribution is 2.30. The third kappa shape index (κ3) is 1.27. The molecule has 1 aromatic carbocycles. The highest BCUT2D eigenvalue weighted by atomic mass is 19.1. The molecule has 1 aliphatic heterocycles. The fraction of sp³-hybridized carbons (Fsp3) is 0.333. The van der Waals surface area contributed by atoms with Gasteiger partial charge in [0.2, 0.25) is 0 Å². The van der Waals surface area contributed by atoms with E-state index < -0.39 is 0 Å². The normalized spacial score (nSPS) is 20.5. The van der Waals surface area contributed by atoms with Crippen molar-refractivity contribution in [2.75, 3.05) is 6.54 Å². The minimum atomic E-state index is -0.164. The van der Waals surface area contributed by atoms with E-state index >= 15 is 0 Å². The quantitative estimate of drug-likeness (QED) is 0.678.